The Hall–Kier alpha value is -1.82. The lowest BCUT2D eigenvalue weighted by atomic mass is 10.4. The van der Waals surface area contributed by atoms with Crippen molar-refractivity contribution in [3.8, 4) is 0 Å². The van der Waals surface area contributed by atoms with E-state index >= 15 is 0 Å². The molecule has 0 bridgehead atoms. The number of nitrogens with zero attached hydrogens (tertiary/aromatic N) is 2. The number of nitrogens with one attached hydrogen (secondary N) is 1. The van der Waals surface area contributed by atoms with Crippen LogP contribution >= 0.6 is 0 Å². The summed E-state index contributed by atoms with van der Waals surface area (Å²) >= 11 is 0. The lowest BCUT2D eigenvalue weighted by Gasteiger charge is -2.07. The first-order valence-corrected chi connectivity index (χ1v) is 4.21. The first-order chi connectivity index (χ1) is 6.59. The highest BCUT2D eigenvalue weighted by atomic mass is 16.1. The Balaban J connectivity index is 2.85. The third-order valence-electron chi connectivity index (χ3n) is 2.04. The summed E-state index contributed by atoms with van der Waals surface area (Å²) in [6, 6.07) is 1.67. The molecule has 0 radical (unpaired) electrons. The molecule has 0 saturated carbocycles. The third-order valence-corrected chi connectivity index (χ3v) is 2.04. The van der Waals surface area contributed by atoms with Crippen molar-refractivity contribution in [2.24, 2.45) is 5.73 Å². The van der Waals surface area contributed by atoms with Crippen molar-refractivity contribution in [1.82, 2.24) is 14.5 Å². The monoisotopic (exact) mass is 193 g/mol. The van der Waals surface area contributed by atoms with Gasteiger partial charge in [-0.2, -0.15) is 4.98 Å². The topological polar surface area (TPSA) is 103 Å². The number of hydrogen-bond acceptors (Lipinski definition) is 4. The van der Waals surface area contributed by atoms with Crippen molar-refractivity contribution in [3.63, 3.8) is 0 Å². The van der Waals surface area contributed by atoms with E-state index in [-0.39, 0.29) is 17.7 Å². The van der Waals surface area contributed by atoms with Gasteiger partial charge in [0.25, 0.3) is 5.56 Å². The summed E-state index contributed by atoms with van der Waals surface area (Å²) in [5, 5.41) is 0.497. The standard InChI is InChI=1S/C8H11N5O/c1-4(9)13-3-2-5-6(13)11-8(10)12-7(5)14/h2-4H,9H2,1H3,(H3,10,11,12,14). The number of fused-ring (bicyclic) bond motifs is 1. The van der Waals surface area contributed by atoms with E-state index in [4.69, 9.17) is 11.5 Å². The number of aromatic nitrogens is 3. The van der Waals surface area contributed by atoms with E-state index in [2.05, 4.69) is 9.97 Å². The Morgan fingerprint density at radius 2 is 2.36 bits per heavy atom. The van der Waals surface area contributed by atoms with Crippen LogP contribution in [0.2, 0.25) is 0 Å². The van der Waals surface area contributed by atoms with E-state index in [1.54, 1.807) is 23.8 Å². The predicted octanol–water partition coefficient (Wildman–Crippen LogP) is -0.216. The second kappa shape index (κ2) is 2.85. The minimum Gasteiger partial charge on any atom is -0.369 e. The van der Waals surface area contributed by atoms with Gasteiger partial charge in [0, 0.05) is 6.20 Å². The number of H-pyrrole nitrogens is 1. The van der Waals surface area contributed by atoms with Crippen LogP contribution in [0.5, 0.6) is 0 Å². The Morgan fingerprint density at radius 3 is 3.00 bits per heavy atom. The van der Waals surface area contributed by atoms with Gasteiger partial charge in [0.1, 0.15) is 0 Å². The SMILES string of the molecule is CC(N)n1ccc2c(=O)[nH]c(N)nc21. The molecule has 0 fully saturated rings. The van der Waals surface area contributed by atoms with Gasteiger partial charge in [-0.15, -0.1) is 0 Å². The van der Waals surface area contributed by atoms with Crippen molar-refractivity contribution in [1.29, 1.82) is 0 Å². The van der Waals surface area contributed by atoms with Crippen LogP contribution in [0.3, 0.4) is 0 Å². The van der Waals surface area contributed by atoms with Gasteiger partial charge in [-0.05, 0) is 13.0 Å². The van der Waals surface area contributed by atoms with Gasteiger partial charge in [-0.3, -0.25) is 9.78 Å². The van der Waals surface area contributed by atoms with E-state index in [0.29, 0.717) is 11.0 Å². The highest BCUT2D eigenvalue weighted by molar-refractivity contribution is 5.75. The maximum absolute atomic E-state index is 11.4. The molecule has 0 aliphatic carbocycles. The van der Waals surface area contributed by atoms with Gasteiger partial charge in [-0.1, -0.05) is 0 Å². The Bertz CT molecular complexity index is 524. The average Bonchev–Trinajstić information content (AvgIpc) is 2.47. The van der Waals surface area contributed by atoms with Crippen LogP contribution in [-0.2, 0) is 0 Å². The fourth-order valence-electron chi connectivity index (χ4n) is 1.39. The summed E-state index contributed by atoms with van der Waals surface area (Å²) < 4.78 is 1.70. The molecule has 1 atom stereocenters. The Labute approximate surface area is 79.5 Å². The van der Waals surface area contributed by atoms with Gasteiger partial charge in [0.15, 0.2) is 5.65 Å². The highest BCUT2D eigenvalue weighted by Crippen LogP contribution is 2.12. The van der Waals surface area contributed by atoms with Gasteiger partial charge < -0.3 is 16.0 Å². The highest BCUT2D eigenvalue weighted by Gasteiger charge is 2.08. The zero-order valence-corrected chi connectivity index (χ0v) is 7.69. The molecule has 0 saturated heterocycles. The van der Waals surface area contributed by atoms with Crippen LogP contribution in [0, 0.1) is 0 Å². The summed E-state index contributed by atoms with van der Waals surface area (Å²) in [4.78, 5) is 17.9. The van der Waals surface area contributed by atoms with E-state index in [1.165, 1.54) is 0 Å². The summed E-state index contributed by atoms with van der Waals surface area (Å²) in [6.45, 7) is 1.80. The molecular formula is C8H11N5O. The molecule has 6 nitrogen and oxygen atoms in total. The molecule has 14 heavy (non-hydrogen) atoms. The summed E-state index contributed by atoms with van der Waals surface area (Å²) in [5.74, 6) is 0.100. The van der Waals surface area contributed by atoms with Gasteiger partial charge in [-0.25, -0.2) is 0 Å². The number of nitrogens with two attached hydrogens (primary N) is 2. The van der Waals surface area contributed by atoms with Crippen LogP contribution in [-0.4, -0.2) is 14.5 Å². The summed E-state index contributed by atoms with van der Waals surface area (Å²) in [5.41, 5.74) is 11.4. The lowest BCUT2D eigenvalue weighted by Crippen LogP contribution is -2.16. The normalized spacial score (nSPS) is 13.3. The molecule has 5 N–H and O–H groups in total. The number of aromatic amines is 1. The van der Waals surface area contributed by atoms with E-state index < -0.39 is 0 Å². The maximum atomic E-state index is 11.4. The number of hydrogen-bond donors (Lipinski definition) is 3. The second-order valence-electron chi connectivity index (χ2n) is 3.15. The van der Waals surface area contributed by atoms with E-state index in [1.807, 2.05) is 0 Å². The molecule has 0 aromatic carbocycles. The van der Waals surface area contributed by atoms with Crippen molar-refractivity contribution in [3.05, 3.63) is 22.6 Å². The smallest absolute Gasteiger partial charge is 0.261 e. The van der Waals surface area contributed by atoms with E-state index in [9.17, 15) is 4.79 Å². The average molecular weight is 193 g/mol. The Kier molecular flexibility index (Phi) is 1.78. The molecule has 2 aromatic rings. The molecule has 74 valence electrons. The summed E-state index contributed by atoms with van der Waals surface area (Å²) in [7, 11) is 0. The lowest BCUT2D eigenvalue weighted by molar-refractivity contribution is 0.588. The molecule has 1 unspecified atom stereocenters. The van der Waals surface area contributed by atoms with Crippen LogP contribution < -0.4 is 17.0 Å². The second-order valence-corrected chi connectivity index (χ2v) is 3.15. The number of rotatable bonds is 1. The molecule has 6 heteroatoms. The molecule has 0 spiro atoms. The molecule has 0 aliphatic heterocycles. The third kappa shape index (κ3) is 1.16. The first-order valence-electron chi connectivity index (χ1n) is 4.21. The largest absolute Gasteiger partial charge is 0.369 e. The molecule has 2 aromatic heterocycles. The molecule has 2 rings (SSSR count). The van der Waals surface area contributed by atoms with Crippen molar-refractivity contribution in [2.75, 3.05) is 5.73 Å². The fraction of sp³-hybridized carbons (Fsp3) is 0.250. The zero-order valence-electron chi connectivity index (χ0n) is 7.69. The van der Waals surface area contributed by atoms with Crippen LogP contribution in [0.15, 0.2) is 17.1 Å². The predicted molar refractivity (Wildman–Crippen MR) is 53.7 cm³/mol. The fourth-order valence-corrected chi connectivity index (χ4v) is 1.39. The van der Waals surface area contributed by atoms with Crippen molar-refractivity contribution >= 4 is 17.0 Å². The van der Waals surface area contributed by atoms with Crippen molar-refractivity contribution in [2.45, 2.75) is 13.1 Å². The molecule has 0 aliphatic rings. The van der Waals surface area contributed by atoms with E-state index in [0.717, 1.165) is 0 Å². The van der Waals surface area contributed by atoms with Gasteiger partial charge in [0.05, 0.1) is 11.6 Å². The minimum absolute atomic E-state index is 0.100. The number of anilines is 1. The molecular weight excluding hydrogens is 182 g/mol. The van der Waals surface area contributed by atoms with Crippen LogP contribution in [0.4, 0.5) is 5.95 Å². The minimum atomic E-state index is -0.244. The van der Waals surface area contributed by atoms with Crippen molar-refractivity contribution < 1.29 is 0 Å². The maximum Gasteiger partial charge on any atom is 0.261 e. The number of nitrogen functional groups attached to an aromatic ring is 1. The molecule has 0 amide bonds. The van der Waals surface area contributed by atoms with Crippen LogP contribution in [0.1, 0.15) is 13.1 Å². The van der Waals surface area contributed by atoms with Gasteiger partial charge >= 0.3 is 0 Å². The molecule has 2 heterocycles. The zero-order chi connectivity index (χ0) is 10.3. The first kappa shape index (κ1) is 8.76. The van der Waals surface area contributed by atoms with Crippen LogP contribution in [0.25, 0.3) is 11.0 Å². The summed E-state index contributed by atoms with van der Waals surface area (Å²) in [6.07, 6.45) is 1.48. The Morgan fingerprint density at radius 1 is 1.64 bits per heavy atom. The quantitative estimate of drug-likeness (QED) is 0.582. The van der Waals surface area contributed by atoms with Gasteiger partial charge in [0.2, 0.25) is 5.95 Å².